The number of rotatable bonds is 3. The monoisotopic (exact) mass is 220 g/mol. The lowest BCUT2D eigenvalue weighted by Crippen LogP contribution is -2.58. The van der Waals surface area contributed by atoms with Crippen molar-refractivity contribution in [1.29, 1.82) is 0 Å². The minimum absolute atomic E-state index is 0.312. The van der Waals surface area contributed by atoms with Crippen LogP contribution in [0.4, 0.5) is 0 Å². The molecule has 1 saturated heterocycles. The molecule has 2 unspecified atom stereocenters. The molecular formula is C10H20O5. The van der Waals surface area contributed by atoms with Gasteiger partial charge in [0.15, 0.2) is 0 Å². The summed E-state index contributed by atoms with van der Waals surface area (Å²) in [6.07, 6.45) is -4.33. The molecule has 5 atom stereocenters. The zero-order chi connectivity index (χ0) is 11.6. The fourth-order valence-corrected chi connectivity index (χ4v) is 1.84. The Bertz CT molecular complexity index is 194. The van der Waals surface area contributed by atoms with Crippen LogP contribution in [0.15, 0.2) is 0 Å². The van der Waals surface area contributed by atoms with E-state index in [9.17, 15) is 15.3 Å². The summed E-state index contributed by atoms with van der Waals surface area (Å²) >= 11 is 0. The van der Waals surface area contributed by atoms with Crippen molar-refractivity contribution in [2.75, 3.05) is 6.61 Å². The third-order valence-electron chi connectivity index (χ3n) is 2.69. The van der Waals surface area contributed by atoms with Gasteiger partial charge < -0.3 is 25.2 Å². The standard InChI is InChI=1S/C10H20O5/c1-5(2)3-6-8(12)10(14)9(13)7(4-11)15-6/h5-14H,3-4H2,1-2H3/t6-,7?,8?,9+,10-/m0/s1. The first-order chi connectivity index (χ1) is 6.97. The fourth-order valence-electron chi connectivity index (χ4n) is 1.84. The number of ether oxygens (including phenoxy) is 1. The van der Waals surface area contributed by atoms with Crippen LogP contribution in [0.25, 0.3) is 0 Å². The molecular weight excluding hydrogens is 200 g/mol. The summed E-state index contributed by atoms with van der Waals surface area (Å²) in [6, 6.07) is 0. The molecule has 0 bridgehead atoms. The zero-order valence-corrected chi connectivity index (χ0v) is 9.08. The van der Waals surface area contributed by atoms with E-state index in [1.54, 1.807) is 0 Å². The van der Waals surface area contributed by atoms with E-state index in [2.05, 4.69) is 0 Å². The Hall–Kier alpha value is -0.200. The van der Waals surface area contributed by atoms with E-state index in [0.717, 1.165) is 0 Å². The highest BCUT2D eigenvalue weighted by molar-refractivity contribution is 4.92. The predicted molar refractivity (Wildman–Crippen MR) is 53.2 cm³/mol. The van der Waals surface area contributed by atoms with E-state index >= 15 is 0 Å². The molecule has 1 aliphatic heterocycles. The van der Waals surface area contributed by atoms with Crippen LogP contribution in [-0.4, -0.2) is 57.6 Å². The molecule has 0 aromatic heterocycles. The van der Waals surface area contributed by atoms with E-state index in [1.165, 1.54) is 0 Å². The van der Waals surface area contributed by atoms with Gasteiger partial charge in [0.2, 0.25) is 0 Å². The molecule has 4 N–H and O–H groups in total. The second kappa shape index (κ2) is 5.23. The summed E-state index contributed by atoms with van der Waals surface area (Å²) in [7, 11) is 0. The lowest BCUT2D eigenvalue weighted by molar-refractivity contribution is -0.232. The van der Waals surface area contributed by atoms with Crippen LogP contribution < -0.4 is 0 Å². The molecule has 5 nitrogen and oxygen atoms in total. The molecule has 1 aliphatic rings. The zero-order valence-electron chi connectivity index (χ0n) is 9.08. The van der Waals surface area contributed by atoms with Crippen LogP contribution in [-0.2, 0) is 4.74 Å². The molecule has 0 radical (unpaired) electrons. The molecule has 0 aliphatic carbocycles. The van der Waals surface area contributed by atoms with Gasteiger partial charge in [-0.1, -0.05) is 13.8 Å². The Balaban J connectivity index is 2.65. The summed E-state index contributed by atoms with van der Waals surface area (Å²) in [6.45, 7) is 3.59. The average Bonchev–Trinajstić information content (AvgIpc) is 2.18. The first kappa shape index (κ1) is 12.9. The molecule has 15 heavy (non-hydrogen) atoms. The van der Waals surface area contributed by atoms with Gasteiger partial charge in [-0.25, -0.2) is 0 Å². The second-order valence-electron chi connectivity index (χ2n) is 4.50. The lowest BCUT2D eigenvalue weighted by Gasteiger charge is -2.40. The third-order valence-corrected chi connectivity index (χ3v) is 2.69. The van der Waals surface area contributed by atoms with Gasteiger partial charge in [-0.3, -0.25) is 0 Å². The first-order valence-electron chi connectivity index (χ1n) is 5.28. The Kier molecular flexibility index (Phi) is 4.48. The van der Waals surface area contributed by atoms with Crippen molar-refractivity contribution >= 4 is 0 Å². The molecule has 90 valence electrons. The highest BCUT2D eigenvalue weighted by Crippen LogP contribution is 2.25. The topological polar surface area (TPSA) is 90.2 Å². The van der Waals surface area contributed by atoms with Crippen LogP contribution in [0.2, 0.25) is 0 Å². The van der Waals surface area contributed by atoms with Crippen LogP contribution in [0.3, 0.4) is 0 Å². The van der Waals surface area contributed by atoms with Gasteiger partial charge in [-0.2, -0.15) is 0 Å². The van der Waals surface area contributed by atoms with Gasteiger partial charge in [0.1, 0.15) is 24.4 Å². The van der Waals surface area contributed by atoms with Crippen LogP contribution in [0.5, 0.6) is 0 Å². The summed E-state index contributed by atoms with van der Waals surface area (Å²) in [4.78, 5) is 0. The highest BCUT2D eigenvalue weighted by Gasteiger charge is 2.43. The van der Waals surface area contributed by atoms with Gasteiger partial charge >= 0.3 is 0 Å². The Morgan fingerprint density at radius 2 is 1.53 bits per heavy atom. The Morgan fingerprint density at radius 1 is 1.00 bits per heavy atom. The molecule has 0 aromatic rings. The minimum atomic E-state index is -1.25. The SMILES string of the molecule is CC(C)C[C@@H]1OC(CO)[C@@H](O)[C@@H](O)C1O. The van der Waals surface area contributed by atoms with Crippen LogP contribution in [0.1, 0.15) is 20.3 Å². The summed E-state index contributed by atoms with van der Waals surface area (Å²) in [5.74, 6) is 0.312. The van der Waals surface area contributed by atoms with Gasteiger partial charge in [-0.05, 0) is 12.3 Å². The van der Waals surface area contributed by atoms with Gasteiger partial charge in [0.05, 0.1) is 12.7 Å². The first-order valence-corrected chi connectivity index (χ1v) is 5.28. The maximum atomic E-state index is 9.65. The van der Waals surface area contributed by atoms with E-state index < -0.39 is 30.5 Å². The van der Waals surface area contributed by atoms with Crippen molar-refractivity contribution in [2.24, 2.45) is 5.92 Å². The van der Waals surface area contributed by atoms with E-state index in [-0.39, 0.29) is 6.61 Å². The molecule has 0 spiro atoms. The van der Waals surface area contributed by atoms with Gasteiger partial charge in [0, 0.05) is 0 Å². The molecule has 1 fully saturated rings. The summed E-state index contributed by atoms with van der Waals surface area (Å²) in [5, 5.41) is 37.6. The van der Waals surface area contributed by atoms with Crippen molar-refractivity contribution in [3.8, 4) is 0 Å². The van der Waals surface area contributed by atoms with E-state index in [1.807, 2.05) is 13.8 Å². The van der Waals surface area contributed by atoms with Crippen molar-refractivity contribution in [1.82, 2.24) is 0 Å². The normalized spacial score (nSPS) is 42.2. The maximum absolute atomic E-state index is 9.65. The number of aliphatic hydroxyl groups excluding tert-OH is 4. The predicted octanol–water partition coefficient (Wildman–Crippen LogP) is -1.13. The van der Waals surface area contributed by atoms with Gasteiger partial charge in [0.25, 0.3) is 0 Å². The molecule has 1 heterocycles. The quantitative estimate of drug-likeness (QED) is 0.483. The van der Waals surface area contributed by atoms with Gasteiger partial charge in [-0.15, -0.1) is 0 Å². The van der Waals surface area contributed by atoms with Crippen molar-refractivity contribution in [3.63, 3.8) is 0 Å². The molecule has 0 aromatic carbocycles. The van der Waals surface area contributed by atoms with Crippen LogP contribution in [0, 0.1) is 5.92 Å². The van der Waals surface area contributed by atoms with Crippen molar-refractivity contribution < 1.29 is 25.2 Å². The minimum Gasteiger partial charge on any atom is -0.394 e. The summed E-state index contributed by atoms with van der Waals surface area (Å²) < 4.78 is 5.33. The number of hydrogen-bond acceptors (Lipinski definition) is 5. The van der Waals surface area contributed by atoms with Crippen molar-refractivity contribution in [3.05, 3.63) is 0 Å². The molecule has 1 rings (SSSR count). The Morgan fingerprint density at radius 3 is 2.00 bits per heavy atom. The van der Waals surface area contributed by atoms with Crippen LogP contribution >= 0.6 is 0 Å². The highest BCUT2D eigenvalue weighted by atomic mass is 16.5. The van der Waals surface area contributed by atoms with E-state index in [0.29, 0.717) is 12.3 Å². The number of aliphatic hydroxyl groups is 4. The molecule has 0 amide bonds. The average molecular weight is 220 g/mol. The largest absolute Gasteiger partial charge is 0.394 e. The third kappa shape index (κ3) is 2.89. The fraction of sp³-hybridized carbons (Fsp3) is 1.00. The molecule has 5 heteroatoms. The Labute approximate surface area is 89.3 Å². The second-order valence-corrected chi connectivity index (χ2v) is 4.50. The van der Waals surface area contributed by atoms with E-state index in [4.69, 9.17) is 9.84 Å². The summed E-state index contributed by atoms with van der Waals surface area (Å²) in [5.41, 5.74) is 0. The molecule has 0 saturated carbocycles. The smallest absolute Gasteiger partial charge is 0.111 e. The lowest BCUT2D eigenvalue weighted by atomic mass is 9.91. The maximum Gasteiger partial charge on any atom is 0.111 e. The van der Waals surface area contributed by atoms with Crippen molar-refractivity contribution in [2.45, 2.75) is 50.8 Å². The number of hydrogen-bond donors (Lipinski definition) is 4.